The van der Waals surface area contributed by atoms with Crippen molar-refractivity contribution >= 4 is 29.2 Å². The van der Waals surface area contributed by atoms with Gasteiger partial charge < -0.3 is 9.64 Å². The summed E-state index contributed by atoms with van der Waals surface area (Å²) in [4.78, 5) is 13.4. The third kappa shape index (κ3) is 3.42. The van der Waals surface area contributed by atoms with Crippen molar-refractivity contribution in [1.29, 1.82) is 0 Å². The molecule has 0 saturated heterocycles. The van der Waals surface area contributed by atoms with E-state index in [1.807, 2.05) is 0 Å². The molecule has 0 radical (unpaired) electrons. The van der Waals surface area contributed by atoms with Gasteiger partial charge in [-0.3, -0.25) is 0 Å². The highest BCUT2D eigenvalue weighted by molar-refractivity contribution is 6.30. The van der Waals surface area contributed by atoms with E-state index in [-0.39, 0.29) is 16.3 Å². The van der Waals surface area contributed by atoms with Gasteiger partial charge in [0, 0.05) is 20.2 Å². The maximum absolute atomic E-state index is 13.0. The maximum Gasteiger partial charge on any atom is 0.328 e. The number of anilines is 1. The molecule has 0 atom stereocenters. The second kappa shape index (κ2) is 5.54. The lowest BCUT2D eigenvalue weighted by molar-refractivity contribution is 0.438. The predicted octanol–water partition coefficient (Wildman–Crippen LogP) is 3.18. The van der Waals surface area contributed by atoms with Crippen LogP contribution < -0.4 is 9.64 Å². The summed E-state index contributed by atoms with van der Waals surface area (Å²) in [7, 11) is 3.51. The minimum Gasteiger partial charge on any atom is -0.424 e. The fraction of sp³-hybridized carbons (Fsp3) is 0.182. The summed E-state index contributed by atoms with van der Waals surface area (Å²) < 4.78 is 18.4. The zero-order chi connectivity index (χ0) is 14.0. The molecule has 19 heavy (non-hydrogen) atoms. The van der Waals surface area contributed by atoms with E-state index in [0.717, 1.165) is 0 Å². The molecule has 0 aliphatic heterocycles. The molecule has 2 aromatic rings. The van der Waals surface area contributed by atoms with Gasteiger partial charge in [-0.25, -0.2) is 4.39 Å². The van der Waals surface area contributed by atoms with Crippen molar-refractivity contribution < 1.29 is 9.13 Å². The molecule has 1 heterocycles. The molecule has 0 amide bonds. The van der Waals surface area contributed by atoms with Gasteiger partial charge in [-0.2, -0.15) is 15.0 Å². The number of halogens is 3. The Labute approximate surface area is 119 Å². The molecule has 0 aliphatic carbocycles. The van der Waals surface area contributed by atoms with Gasteiger partial charge >= 0.3 is 6.01 Å². The quantitative estimate of drug-likeness (QED) is 0.871. The van der Waals surface area contributed by atoms with Crippen LogP contribution in [0.15, 0.2) is 18.2 Å². The molecule has 0 unspecified atom stereocenters. The molecule has 0 fully saturated rings. The van der Waals surface area contributed by atoms with Crippen LogP contribution in [0.25, 0.3) is 0 Å². The first-order chi connectivity index (χ1) is 8.95. The first kappa shape index (κ1) is 13.8. The summed E-state index contributed by atoms with van der Waals surface area (Å²) in [5.74, 6) is 0.123. The molecule has 0 aliphatic rings. The van der Waals surface area contributed by atoms with Gasteiger partial charge in [0.25, 0.3) is 0 Å². The van der Waals surface area contributed by atoms with Crippen LogP contribution in [0.4, 0.5) is 10.3 Å². The predicted molar refractivity (Wildman–Crippen MR) is 70.6 cm³/mol. The minimum atomic E-state index is -0.531. The van der Waals surface area contributed by atoms with Crippen molar-refractivity contribution in [2.75, 3.05) is 19.0 Å². The molecule has 100 valence electrons. The molecule has 0 N–H and O–H groups in total. The van der Waals surface area contributed by atoms with Crippen molar-refractivity contribution in [2.24, 2.45) is 0 Å². The Bertz CT molecular complexity index is 609. The minimum absolute atomic E-state index is 0.00177. The van der Waals surface area contributed by atoms with E-state index < -0.39 is 5.82 Å². The fourth-order valence-corrected chi connectivity index (χ4v) is 1.53. The highest BCUT2D eigenvalue weighted by Crippen LogP contribution is 2.25. The summed E-state index contributed by atoms with van der Waals surface area (Å²) >= 11 is 11.4. The number of rotatable bonds is 3. The number of nitrogens with zero attached hydrogens (tertiary/aromatic N) is 4. The lowest BCUT2D eigenvalue weighted by atomic mass is 10.3. The standard InChI is InChI=1S/C11H9Cl2FN4O/c1-18(2)10-15-9(13)16-11(17-10)19-6-3-4-8(14)7(12)5-6/h3-5H,1-2H3. The highest BCUT2D eigenvalue weighted by Gasteiger charge is 2.09. The van der Waals surface area contributed by atoms with Gasteiger partial charge in [-0.1, -0.05) is 11.6 Å². The molecule has 5 nitrogen and oxygen atoms in total. The molecule has 1 aromatic heterocycles. The second-order valence-corrected chi connectivity index (χ2v) is 4.50. The Kier molecular flexibility index (Phi) is 4.01. The smallest absolute Gasteiger partial charge is 0.328 e. The molecule has 0 bridgehead atoms. The zero-order valence-corrected chi connectivity index (χ0v) is 11.6. The summed E-state index contributed by atoms with van der Waals surface area (Å²) in [6.45, 7) is 0. The SMILES string of the molecule is CN(C)c1nc(Cl)nc(Oc2ccc(F)c(Cl)c2)n1. The van der Waals surface area contributed by atoms with Crippen LogP contribution in [0.5, 0.6) is 11.8 Å². The molecule has 0 saturated carbocycles. The van der Waals surface area contributed by atoms with Crippen LogP contribution in [0.2, 0.25) is 10.3 Å². The Hall–Kier alpha value is -1.66. The molecule has 8 heteroatoms. The summed E-state index contributed by atoms with van der Waals surface area (Å²) in [6, 6.07) is 3.93. The summed E-state index contributed by atoms with van der Waals surface area (Å²) in [5, 5.41) is -0.0487. The normalized spacial score (nSPS) is 10.4. The first-order valence-electron chi connectivity index (χ1n) is 5.17. The van der Waals surface area contributed by atoms with Crippen LogP contribution in [0.1, 0.15) is 0 Å². The van der Waals surface area contributed by atoms with Crippen molar-refractivity contribution in [2.45, 2.75) is 0 Å². The largest absolute Gasteiger partial charge is 0.424 e. The average Bonchev–Trinajstić information content (AvgIpc) is 2.33. The van der Waals surface area contributed by atoms with E-state index >= 15 is 0 Å². The third-order valence-electron chi connectivity index (χ3n) is 2.08. The monoisotopic (exact) mass is 302 g/mol. The fourth-order valence-electron chi connectivity index (χ4n) is 1.21. The van der Waals surface area contributed by atoms with Crippen LogP contribution in [0.3, 0.4) is 0 Å². The zero-order valence-electron chi connectivity index (χ0n) is 10.1. The highest BCUT2D eigenvalue weighted by atomic mass is 35.5. The molecular weight excluding hydrogens is 294 g/mol. The van der Waals surface area contributed by atoms with Gasteiger partial charge in [-0.15, -0.1) is 0 Å². The Morgan fingerprint density at radius 1 is 1.16 bits per heavy atom. The van der Waals surface area contributed by atoms with E-state index in [9.17, 15) is 4.39 Å². The van der Waals surface area contributed by atoms with Gasteiger partial charge in [0.05, 0.1) is 5.02 Å². The molecule has 0 spiro atoms. The lowest BCUT2D eigenvalue weighted by Crippen LogP contribution is -2.13. The summed E-state index contributed by atoms with van der Waals surface area (Å²) in [6.07, 6.45) is 0. The maximum atomic E-state index is 13.0. The van der Waals surface area contributed by atoms with E-state index in [2.05, 4.69) is 15.0 Å². The third-order valence-corrected chi connectivity index (χ3v) is 2.53. The average molecular weight is 303 g/mol. The van der Waals surface area contributed by atoms with Gasteiger partial charge in [0.15, 0.2) is 0 Å². The van der Waals surface area contributed by atoms with Crippen LogP contribution >= 0.6 is 23.2 Å². The van der Waals surface area contributed by atoms with E-state index in [4.69, 9.17) is 27.9 Å². The number of hydrogen-bond donors (Lipinski definition) is 0. The number of benzene rings is 1. The van der Waals surface area contributed by atoms with E-state index in [1.165, 1.54) is 18.2 Å². The second-order valence-electron chi connectivity index (χ2n) is 3.76. The topological polar surface area (TPSA) is 51.1 Å². The van der Waals surface area contributed by atoms with Gasteiger partial charge in [-0.05, 0) is 23.7 Å². The van der Waals surface area contributed by atoms with E-state index in [1.54, 1.807) is 19.0 Å². The number of aromatic nitrogens is 3. The van der Waals surface area contributed by atoms with Crippen LogP contribution in [-0.2, 0) is 0 Å². The summed E-state index contributed by atoms with van der Waals surface area (Å²) in [5.41, 5.74) is 0. The van der Waals surface area contributed by atoms with Gasteiger partial charge in [0.1, 0.15) is 11.6 Å². The number of ether oxygens (including phenoxy) is 1. The van der Waals surface area contributed by atoms with Crippen LogP contribution in [0, 0.1) is 5.82 Å². The Morgan fingerprint density at radius 3 is 2.53 bits per heavy atom. The van der Waals surface area contributed by atoms with E-state index in [0.29, 0.717) is 11.7 Å². The molecule has 2 rings (SSSR count). The molecular formula is C11H9Cl2FN4O. The number of hydrogen-bond acceptors (Lipinski definition) is 5. The Balaban J connectivity index is 2.29. The van der Waals surface area contributed by atoms with Crippen molar-refractivity contribution in [1.82, 2.24) is 15.0 Å². The van der Waals surface area contributed by atoms with Crippen molar-refractivity contribution in [3.63, 3.8) is 0 Å². The van der Waals surface area contributed by atoms with Crippen LogP contribution in [-0.4, -0.2) is 29.0 Å². The Morgan fingerprint density at radius 2 is 1.89 bits per heavy atom. The van der Waals surface area contributed by atoms with Crippen molar-refractivity contribution in [3.8, 4) is 11.8 Å². The molecule has 1 aromatic carbocycles. The van der Waals surface area contributed by atoms with Gasteiger partial charge in [0.2, 0.25) is 11.2 Å². The lowest BCUT2D eigenvalue weighted by Gasteiger charge is -2.11. The first-order valence-corrected chi connectivity index (χ1v) is 5.93. The van der Waals surface area contributed by atoms with Crippen molar-refractivity contribution in [3.05, 3.63) is 34.3 Å².